The molecule has 0 bridgehead atoms. The summed E-state index contributed by atoms with van der Waals surface area (Å²) >= 11 is 1.73. The van der Waals surface area contributed by atoms with E-state index in [2.05, 4.69) is 20.9 Å². The molecule has 1 aromatic rings. The Hall–Kier alpha value is -1.25. The summed E-state index contributed by atoms with van der Waals surface area (Å²) in [7, 11) is 0. The van der Waals surface area contributed by atoms with E-state index >= 15 is 0 Å². The second-order valence-corrected chi connectivity index (χ2v) is 6.80. The second-order valence-electron chi connectivity index (χ2n) is 5.71. The predicted molar refractivity (Wildman–Crippen MR) is 86.8 cm³/mol. The van der Waals surface area contributed by atoms with Gasteiger partial charge in [-0.3, -0.25) is 0 Å². The molecule has 0 N–H and O–H groups in total. The van der Waals surface area contributed by atoms with E-state index in [4.69, 9.17) is 0 Å². The zero-order valence-corrected chi connectivity index (χ0v) is 13.2. The zero-order chi connectivity index (χ0) is 14.5. The van der Waals surface area contributed by atoms with Crippen molar-refractivity contribution in [3.63, 3.8) is 0 Å². The molecule has 0 amide bonds. The molecule has 4 nitrogen and oxygen atoms in total. The number of nitrogens with zero attached hydrogens (tertiary/aromatic N) is 4. The van der Waals surface area contributed by atoms with Crippen molar-refractivity contribution in [1.82, 2.24) is 9.88 Å². The minimum atomic E-state index is 0.769. The molecular weight excluding hydrogens is 280 g/mol. The summed E-state index contributed by atoms with van der Waals surface area (Å²) in [6, 6.07) is 4.38. The number of nitriles is 1. The minimum Gasteiger partial charge on any atom is -0.370 e. The topological polar surface area (TPSA) is 43.2 Å². The molecule has 5 heteroatoms. The average molecular weight is 302 g/mol. The van der Waals surface area contributed by atoms with Crippen LogP contribution in [0.3, 0.4) is 0 Å². The van der Waals surface area contributed by atoms with Gasteiger partial charge in [0.15, 0.2) is 0 Å². The number of aromatic nitrogens is 1. The van der Waals surface area contributed by atoms with Crippen molar-refractivity contribution in [2.45, 2.75) is 30.7 Å². The van der Waals surface area contributed by atoms with Gasteiger partial charge in [-0.25, -0.2) is 4.98 Å². The van der Waals surface area contributed by atoms with E-state index in [-0.39, 0.29) is 0 Å². The van der Waals surface area contributed by atoms with E-state index in [1.54, 1.807) is 11.8 Å². The van der Waals surface area contributed by atoms with Gasteiger partial charge in [-0.2, -0.15) is 5.26 Å². The summed E-state index contributed by atoms with van der Waals surface area (Å²) < 4.78 is 0. The molecule has 0 aromatic carbocycles. The summed E-state index contributed by atoms with van der Waals surface area (Å²) in [5, 5.41) is 10.4. The van der Waals surface area contributed by atoms with Crippen molar-refractivity contribution in [2.75, 3.05) is 43.4 Å². The zero-order valence-electron chi connectivity index (χ0n) is 12.4. The number of hydrogen-bond acceptors (Lipinski definition) is 5. The van der Waals surface area contributed by atoms with E-state index in [0.29, 0.717) is 0 Å². The first-order valence-corrected chi connectivity index (χ1v) is 8.86. The average Bonchev–Trinajstić information content (AvgIpc) is 3.20. The third-order valence-corrected chi connectivity index (χ3v) is 5.27. The summed E-state index contributed by atoms with van der Waals surface area (Å²) in [6.07, 6.45) is 6.97. The van der Waals surface area contributed by atoms with E-state index in [9.17, 15) is 5.26 Å². The maximum atomic E-state index is 9.53. The van der Waals surface area contributed by atoms with Crippen LogP contribution < -0.4 is 4.90 Å². The Balaban J connectivity index is 1.66. The number of hydrogen-bond donors (Lipinski definition) is 0. The van der Waals surface area contributed by atoms with Crippen LogP contribution in [-0.2, 0) is 0 Å². The Morgan fingerprint density at radius 2 is 1.86 bits per heavy atom. The first-order chi connectivity index (χ1) is 10.4. The number of anilines is 1. The van der Waals surface area contributed by atoms with Gasteiger partial charge >= 0.3 is 0 Å². The van der Waals surface area contributed by atoms with Crippen LogP contribution in [-0.4, -0.2) is 48.4 Å². The quantitative estimate of drug-likeness (QED) is 0.783. The third kappa shape index (κ3) is 3.50. The molecule has 0 saturated carbocycles. The fraction of sp³-hybridized carbons (Fsp3) is 0.625. The molecule has 3 heterocycles. The smallest absolute Gasteiger partial charge is 0.116 e. The van der Waals surface area contributed by atoms with Gasteiger partial charge in [0.25, 0.3) is 0 Å². The molecule has 2 aliphatic rings. The van der Waals surface area contributed by atoms with Crippen LogP contribution >= 0.6 is 11.8 Å². The largest absolute Gasteiger partial charge is 0.370 e. The van der Waals surface area contributed by atoms with Gasteiger partial charge in [-0.1, -0.05) is 0 Å². The van der Waals surface area contributed by atoms with Crippen LogP contribution in [0.5, 0.6) is 0 Å². The maximum absolute atomic E-state index is 9.53. The Morgan fingerprint density at radius 3 is 2.57 bits per heavy atom. The van der Waals surface area contributed by atoms with Gasteiger partial charge in [-0.15, -0.1) is 11.8 Å². The first kappa shape index (κ1) is 14.7. The molecule has 0 aliphatic carbocycles. The maximum Gasteiger partial charge on any atom is 0.116 e. The molecule has 2 aliphatic heterocycles. The van der Waals surface area contributed by atoms with Crippen LogP contribution in [0.15, 0.2) is 17.3 Å². The van der Waals surface area contributed by atoms with Crippen molar-refractivity contribution >= 4 is 17.4 Å². The molecule has 0 radical (unpaired) electrons. The molecule has 112 valence electrons. The van der Waals surface area contributed by atoms with Crippen molar-refractivity contribution < 1.29 is 0 Å². The summed E-state index contributed by atoms with van der Waals surface area (Å²) in [5.74, 6) is 1.02. The minimum absolute atomic E-state index is 0.769. The molecule has 2 fully saturated rings. The Bertz CT molecular complexity index is 513. The van der Waals surface area contributed by atoms with E-state index in [0.717, 1.165) is 41.7 Å². The lowest BCUT2D eigenvalue weighted by atomic mass is 10.2. The summed E-state index contributed by atoms with van der Waals surface area (Å²) in [6.45, 7) is 5.69. The molecule has 3 rings (SSSR count). The van der Waals surface area contributed by atoms with Crippen LogP contribution in [0.25, 0.3) is 0 Å². The monoisotopic (exact) mass is 302 g/mol. The van der Waals surface area contributed by atoms with Crippen molar-refractivity contribution in [3.8, 4) is 6.07 Å². The number of thioether (sulfide) groups is 1. The lowest BCUT2D eigenvalue weighted by Gasteiger charge is -2.20. The van der Waals surface area contributed by atoms with E-state index < -0.39 is 0 Å². The first-order valence-electron chi connectivity index (χ1n) is 7.87. The van der Waals surface area contributed by atoms with Gasteiger partial charge in [0.2, 0.25) is 0 Å². The van der Waals surface area contributed by atoms with Crippen molar-refractivity contribution in [2.24, 2.45) is 0 Å². The van der Waals surface area contributed by atoms with Crippen LogP contribution in [0.1, 0.15) is 31.2 Å². The fourth-order valence-electron chi connectivity index (χ4n) is 3.15. The lowest BCUT2D eigenvalue weighted by Crippen LogP contribution is -2.22. The fourth-order valence-corrected chi connectivity index (χ4v) is 4.12. The molecule has 21 heavy (non-hydrogen) atoms. The van der Waals surface area contributed by atoms with E-state index in [1.807, 2.05) is 12.3 Å². The van der Waals surface area contributed by atoms with Crippen molar-refractivity contribution in [3.05, 3.63) is 17.8 Å². The standard InChI is InChI=1S/C16H22N4S/c17-13-14-15(20-9-3-4-10-20)5-6-18-16(14)21-12-11-19-7-1-2-8-19/h5-6H,1-4,7-12H2. The highest BCUT2D eigenvalue weighted by Crippen LogP contribution is 2.30. The summed E-state index contributed by atoms with van der Waals surface area (Å²) in [5.41, 5.74) is 1.85. The van der Waals surface area contributed by atoms with Crippen molar-refractivity contribution in [1.29, 1.82) is 5.26 Å². The highest BCUT2D eigenvalue weighted by atomic mass is 32.2. The second kappa shape index (κ2) is 7.15. The van der Waals surface area contributed by atoms with E-state index in [1.165, 1.54) is 38.8 Å². The Labute approximate surface area is 131 Å². The van der Waals surface area contributed by atoms with Crippen LogP contribution in [0, 0.1) is 11.3 Å². The normalized spacial score (nSPS) is 19.1. The van der Waals surface area contributed by atoms with Crippen LogP contribution in [0.4, 0.5) is 5.69 Å². The predicted octanol–water partition coefficient (Wildman–Crippen LogP) is 2.74. The Kier molecular flexibility index (Phi) is 5.00. The number of rotatable bonds is 5. The van der Waals surface area contributed by atoms with Gasteiger partial charge in [0.1, 0.15) is 16.7 Å². The van der Waals surface area contributed by atoms with Gasteiger partial charge in [-0.05, 0) is 44.8 Å². The SMILES string of the molecule is N#Cc1c(N2CCCC2)ccnc1SCCN1CCCC1. The number of pyridine rings is 1. The lowest BCUT2D eigenvalue weighted by molar-refractivity contribution is 0.362. The molecular formula is C16H22N4S. The highest BCUT2D eigenvalue weighted by Gasteiger charge is 2.19. The van der Waals surface area contributed by atoms with Crippen LogP contribution in [0.2, 0.25) is 0 Å². The Morgan fingerprint density at radius 1 is 1.14 bits per heavy atom. The number of likely N-dealkylation sites (tertiary alicyclic amines) is 1. The highest BCUT2D eigenvalue weighted by molar-refractivity contribution is 7.99. The molecule has 0 atom stereocenters. The van der Waals surface area contributed by atoms with Gasteiger partial charge in [0, 0.05) is 31.6 Å². The molecule has 1 aromatic heterocycles. The van der Waals surface area contributed by atoms with Gasteiger partial charge in [0.05, 0.1) is 5.69 Å². The molecule has 0 unspecified atom stereocenters. The summed E-state index contributed by atoms with van der Waals surface area (Å²) in [4.78, 5) is 9.27. The third-order valence-electron chi connectivity index (χ3n) is 4.30. The molecule has 0 spiro atoms. The van der Waals surface area contributed by atoms with Gasteiger partial charge < -0.3 is 9.80 Å². The molecule has 2 saturated heterocycles.